The van der Waals surface area contributed by atoms with Gasteiger partial charge in [-0.05, 0) is 73.3 Å². The standard InChI is InChI=1S/C38H52F2N6O3/c1-3-28-10-9-27(25-29(28)4-2)26-34(35(47)44-18-12-31(13-19-44)43-23-16-38(39,40)17-24-43)42-36(48)45-20-14-32(15-21-45)46-22-11-30-7-5-6-8-33(30)41-37(46)49/h5-10,25,31-32,34H,3-4,11-24,26H2,1-2H3,(H,41,49)(H,42,48)/t34-/m1/s1. The van der Waals surface area contributed by atoms with Gasteiger partial charge in [0.1, 0.15) is 6.04 Å². The first kappa shape index (κ1) is 35.1. The van der Waals surface area contributed by atoms with Crippen molar-refractivity contribution in [2.75, 3.05) is 51.1 Å². The predicted octanol–water partition coefficient (Wildman–Crippen LogP) is 5.71. The van der Waals surface area contributed by atoms with Gasteiger partial charge in [0.05, 0.1) is 0 Å². The molecular weight excluding hydrogens is 626 g/mol. The Balaban J connectivity index is 1.08. The molecule has 0 radical (unpaired) electrons. The average Bonchev–Trinajstić information content (AvgIpc) is 3.29. The van der Waals surface area contributed by atoms with E-state index in [0.717, 1.165) is 48.9 Å². The number of para-hydroxylation sites is 1. The monoisotopic (exact) mass is 678 g/mol. The Kier molecular flexibility index (Phi) is 11.1. The zero-order valence-corrected chi connectivity index (χ0v) is 29.1. The van der Waals surface area contributed by atoms with Crippen molar-refractivity contribution in [2.24, 2.45) is 0 Å². The maximum absolute atomic E-state index is 14.1. The quantitative estimate of drug-likeness (QED) is 0.375. The third-order valence-electron chi connectivity index (χ3n) is 11.2. The zero-order valence-electron chi connectivity index (χ0n) is 29.1. The summed E-state index contributed by atoms with van der Waals surface area (Å²) in [6.07, 6.45) is 5.63. The van der Waals surface area contributed by atoms with E-state index in [2.05, 4.69) is 47.6 Å². The van der Waals surface area contributed by atoms with Crippen LogP contribution in [-0.4, -0.2) is 107 Å². The summed E-state index contributed by atoms with van der Waals surface area (Å²) in [7, 11) is 0. The number of carbonyl (C=O) groups excluding carboxylic acids is 3. The molecule has 5 amide bonds. The maximum Gasteiger partial charge on any atom is 0.322 e. The minimum Gasteiger partial charge on any atom is -0.341 e. The van der Waals surface area contributed by atoms with Gasteiger partial charge in [0.2, 0.25) is 5.91 Å². The number of aryl methyl sites for hydroxylation is 2. The Hall–Kier alpha value is -3.73. The molecule has 1 atom stereocenters. The molecule has 2 aromatic carbocycles. The fourth-order valence-electron chi connectivity index (χ4n) is 8.16. The number of rotatable bonds is 8. The molecule has 49 heavy (non-hydrogen) atoms. The second kappa shape index (κ2) is 15.4. The SMILES string of the molecule is CCc1ccc(C[C@@H](NC(=O)N2CCC(N3CCc4ccccc4NC3=O)CC2)C(=O)N2CCC(N3CCC(F)(F)CC3)CC2)cc1CC. The molecular formula is C38H52F2N6O3. The summed E-state index contributed by atoms with van der Waals surface area (Å²) in [5.74, 6) is -2.67. The van der Waals surface area contributed by atoms with E-state index >= 15 is 0 Å². The Labute approximate surface area is 289 Å². The van der Waals surface area contributed by atoms with Crippen molar-refractivity contribution in [3.63, 3.8) is 0 Å². The molecule has 4 heterocycles. The Morgan fingerprint density at radius 2 is 1.51 bits per heavy atom. The van der Waals surface area contributed by atoms with E-state index < -0.39 is 12.0 Å². The fraction of sp³-hybridized carbons (Fsp3) is 0.605. The van der Waals surface area contributed by atoms with E-state index in [1.165, 1.54) is 11.1 Å². The van der Waals surface area contributed by atoms with Crippen LogP contribution in [-0.2, 0) is 30.5 Å². The van der Waals surface area contributed by atoms with Gasteiger partial charge in [0.15, 0.2) is 0 Å². The third-order valence-corrected chi connectivity index (χ3v) is 11.2. The molecule has 2 N–H and O–H groups in total. The fourth-order valence-corrected chi connectivity index (χ4v) is 8.16. The number of alkyl halides is 2. The molecule has 266 valence electrons. The highest BCUT2D eigenvalue weighted by atomic mass is 19.3. The number of nitrogens with zero attached hydrogens (tertiary/aromatic N) is 4. The van der Waals surface area contributed by atoms with Crippen LogP contribution in [0.1, 0.15) is 74.6 Å². The Bertz CT molecular complexity index is 1480. The van der Waals surface area contributed by atoms with Gasteiger partial charge in [0, 0.05) is 82.8 Å². The third kappa shape index (κ3) is 8.36. The number of fused-ring (bicyclic) bond motifs is 1. The second-order valence-corrected chi connectivity index (χ2v) is 14.2. The number of carbonyl (C=O) groups is 3. The topological polar surface area (TPSA) is 88.2 Å². The number of nitrogens with one attached hydrogen (secondary N) is 2. The summed E-state index contributed by atoms with van der Waals surface area (Å²) in [5.41, 5.74) is 5.55. The lowest BCUT2D eigenvalue weighted by Gasteiger charge is -2.42. The van der Waals surface area contributed by atoms with Crippen molar-refractivity contribution in [3.05, 3.63) is 64.7 Å². The second-order valence-electron chi connectivity index (χ2n) is 14.2. The molecule has 0 unspecified atom stereocenters. The normalized spacial score (nSPS) is 21.5. The summed E-state index contributed by atoms with van der Waals surface area (Å²) < 4.78 is 27.5. The van der Waals surface area contributed by atoms with E-state index in [1.807, 2.05) is 34.1 Å². The van der Waals surface area contributed by atoms with Gasteiger partial charge >= 0.3 is 12.1 Å². The summed E-state index contributed by atoms with van der Waals surface area (Å²) in [6, 6.07) is 13.4. The van der Waals surface area contributed by atoms with E-state index in [4.69, 9.17) is 0 Å². The molecule has 0 spiro atoms. The highest BCUT2D eigenvalue weighted by Gasteiger charge is 2.39. The number of urea groups is 2. The molecule has 11 heteroatoms. The largest absolute Gasteiger partial charge is 0.341 e. The molecule has 4 aliphatic heterocycles. The number of anilines is 1. The van der Waals surface area contributed by atoms with Crippen molar-refractivity contribution >= 4 is 23.7 Å². The molecule has 3 fully saturated rings. The number of hydrogen-bond acceptors (Lipinski definition) is 4. The van der Waals surface area contributed by atoms with E-state index in [-0.39, 0.29) is 42.9 Å². The van der Waals surface area contributed by atoms with Gasteiger partial charge in [-0.3, -0.25) is 9.69 Å². The number of piperidine rings is 3. The van der Waals surface area contributed by atoms with E-state index in [1.54, 1.807) is 4.90 Å². The van der Waals surface area contributed by atoms with Crippen LogP contribution in [0.15, 0.2) is 42.5 Å². The van der Waals surface area contributed by atoms with Crippen LogP contribution in [0.2, 0.25) is 0 Å². The molecule has 3 saturated heterocycles. The first-order chi connectivity index (χ1) is 23.6. The van der Waals surface area contributed by atoms with Gasteiger partial charge in [-0.25, -0.2) is 18.4 Å². The Morgan fingerprint density at radius 1 is 0.857 bits per heavy atom. The number of amides is 5. The highest BCUT2D eigenvalue weighted by Crippen LogP contribution is 2.31. The first-order valence-electron chi connectivity index (χ1n) is 18.4. The molecule has 0 saturated carbocycles. The summed E-state index contributed by atoms with van der Waals surface area (Å²) in [5, 5.41) is 6.17. The van der Waals surface area contributed by atoms with Crippen LogP contribution in [0.4, 0.5) is 24.1 Å². The van der Waals surface area contributed by atoms with Gasteiger partial charge in [-0.2, -0.15) is 0 Å². The summed E-state index contributed by atoms with van der Waals surface area (Å²) in [6.45, 7) is 7.78. The van der Waals surface area contributed by atoms with E-state index in [0.29, 0.717) is 65.1 Å². The van der Waals surface area contributed by atoms with Crippen molar-refractivity contribution < 1.29 is 23.2 Å². The average molecular weight is 679 g/mol. The highest BCUT2D eigenvalue weighted by molar-refractivity contribution is 5.91. The number of benzene rings is 2. The lowest BCUT2D eigenvalue weighted by Crippen LogP contribution is -2.57. The van der Waals surface area contributed by atoms with Crippen molar-refractivity contribution in [3.8, 4) is 0 Å². The predicted molar refractivity (Wildman–Crippen MR) is 187 cm³/mol. The molecule has 0 aliphatic carbocycles. The van der Waals surface area contributed by atoms with Gasteiger partial charge in [0.25, 0.3) is 5.92 Å². The van der Waals surface area contributed by atoms with Gasteiger partial charge in [-0.15, -0.1) is 0 Å². The van der Waals surface area contributed by atoms with Crippen molar-refractivity contribution in [1.29, 1.82) is 0 Å². The smallest absolute Gasteiger partial charge is 0.322 e. The lowest BCUT2D eigenvalue weighted by atomic mass is 9.95. The minimum atomic E-state index is -2.57. The van der Waals surface area contributed by atoms with Crippen LogP contribution in [0, 0.1) is 0 Å². The van der Waals surface area contributed by atoms with Crippen LogP contribution in [0.25, 0.3) is 0 Å². The van der Waals surface area contributed by atoms with Crippen LogP contribution < -0.4 is 10.6 Å². The Morgan fingerprint density at radius 3 is 2.20 bits per heavy atom. The van der Waals surface area contributed by atoms with Crippen molar-refractivity contribution in [2.45, 2.75) is 102 Å². The first-order valence-corrected chi connectivity index (χ1v) is 18.4. The number of likely N-dealkylation sites (tertiary alicyclic amines) is 3. The maximum atomic E-state index is 14.1. The minimum absolute atomic E-state index is 0.0350. The van der Waals surface area contributed by atoms with Crippen LogP contribution in [0.3, 0.4) is 0 Å². The van der Waals surface area contributed by atoms with Gasteiger partial charge in [-0.1, -0.05) is 50.2 Å². The van der Waals surface area contributed by atoms with Crippen molar-refractivity contribution in [1.82, 2.24) is 24.9 Å². The van der Waals surface area contributed by atoms with E-state index in [9.17, 15) is 23.2 Å². The summed E-state index contributed by atoms with van der Waals surface area (Å²) in [4.78, 5) is 48.7. The number of halogens is 2. The lowest BCUT2D eigenvalue weighted by molar-refractivity contribution is -0.135. The summed E-state index contributed by atoms with van der Waals surface area (Å²) >= 11 is 0. The number of hydrogen-bond donors (Lipinski definition) is 2. The molecule has 4 aliphatic rings. The molecule has 0 bridgehead atoms. The molecule has 6 rings (SSSR count). The zero-order chi connectivity index (χ0) is 34.5. The molecule has 9 nitrogen and oxygen atoms in total. The van der Waals surface area contributed by atoms with Crippen LogP contribution in [0.5, 0.6) is 0 Å². The van der Waals surface area contributed by atoms with Crippen LogP contribution >= 0.6 is 0 Å². The molecule has 0 aromatic heterocycles. The van der Waals surface area contributed by atoms with Gasteiger partial charge < -0.3 is 25.3 Å². The molecule has 2 aromatic rings.